The van der Waals surface area contributed by atoms with Crippen LogP contribution < -0.4 is 5.46 Å². The van der Waals surface area contributed by atoms with Crippen LogP contribution in [-0.4, -0.2) is 23.4 Å². The van der Waals surface area contributed by atoms with Crippen molar-refractivity contribution in [3.8, 4) is 5.75 Å². The van der Waals surface area contributed by atoms with Crippen LogP contribution in [0.4, 0.5) is 0 Å². The molecule has 4 heteroatoms. The molecule has 2 fully saturated rings. The Hall–Kier alpha value is -0.995. The maximum Gasteiger partial charge on any atom is 0.495 e. The molecule has 0 amide bonds. The summed E-state index contributed by atoms with van der Waals surface area (Å²) >= 11 is 0. The van der Waals surface area contributed by atoms with Crippen molar-refractivity contribution in [1.82, 2.24) is 0 Å². The Morgan fingerprint density at radius 2 is 1.70 bits per heavy atom. The van der Waals surface area contributed by atoms with E-state index in [1.54, 1.807) is 6.07 Å². The van der Waals surface area contributed by atoms with Gasteiger partial charge in [0.25, 0.3) is 0 Å². The number of hydrogen-bond acceptors (Lipinski definition) is 3. The predicted molar refractivity (Wildman–Crippen MR) is 80.4 cm³/mol. The lowest BCUT2D eigenvalue weighted by Crippen LogP contribution is -2.41. The molecule has 1 heterocycles. The maximum absolute atomic E-state index is 9.77. The lowest BCUT2D eigenvalue weighted by molar-refractivity contribution is 0.00578. The second-order valence-corrected chi connectivity index (χ2v) is 7.03. The summed E-state index contributed by atoms with van der Waals surface area (Å²) in [6.07, 6.45) is 3.65. The zero-order valence-corrected chi connectivity index (χ0v) is 12.8. The normalized spacial score (nSPS) is 24.7. The third kappa shape index (κ3) is 2.15. The monoisotopic (exact) mass is 274 g/mol. The first-order valence-electron chi connectivity index (χ1n) is 7.49. The van der Waals surface area contributed by atoms with Crippen LogP contribution >= 0.6 is 0 Å². The van der Waals surface area contributed by atoms with Gasteiger partial charge in [-0.2, -0.15) is 0 Å². The molecule has 1 aromatic rings. The topological polar surface area (TPSA) is 38.7 Å². The third-order valence-corrected chi connectivity index (χ3v) is 5.12. The molecule has 3 nitrogen and oxygen atoms in total. The summed E-state index contributed by atoms with van der Waals surface area (Å²) in [4.78, 5) is 0. The van der Waals surface area contributed by atoms with Gasteiger partial charge in [0, 0.05) is 0 Å². The van der Waals surface area contributed by atoms with Gasteiger partial charge in [0.05, 0.1) is 11.2 Å². The van der Waals surface area contributed by atoms with Crippen molar-refractivity contribution in [2.24, 2.45) is 0 Å². The van der Waals surface area contributed by atoms with Gasteiger partial charge in [-0.05, 0) is 69.6 Å². The van der Waals surface area contributed by atoms with Crippen LogP contribution in [0.25, 0.3) is 0 Å². The summed E-state index contributed by atoms with van der Waals surface area (Å²) in [5.41, 5.74) is 1.61. The molecule has 1 aliphatic carbocycles. The number of aromatic hydroxyl groups is 1. The lowest BCUT2D eigenvalue weighted by atomic mass is 9.68. The smallest absolute Gasteiger partial charge is 0.495 e. The van der Waals surface area contributed by atoms with Gasteiger partial charge in [0.2, 0.25) is 0 Å². The first-order valence-corrected chi connectivity index (χ1v) is 7.49. The molecule has 3 rings (SSSR count). The van der Waals surface area contributed by atoms with Gasteiger partial charge < -0.3 is 14.4 Å². The van der Waals surface area contributed by atoms with Gasteiger partial charge >= 0.3 is 7.12 Å². The minimum absolute atomic E-state index is 0.326. The van der Waals surface area contributed by atoms with Gasteiger partial charge in [-0.15, -0.1) is 0 Å². The number of hydrogen-bond donors (Lipinski definition) is 1. The standard InChI is InChI=1S/C16H23BO3/c1-15(2)16(3,4)20-17(19-15)14-9-8-12(18)10-13(14)11-6-5-7-11/h8-11,18H,5-7H2,1-4H3. The number of phenols is 1. The molecule has 0 bridgehead atoms. The van der Waals surface area contributed by atoms with Crippen molar-refractivity contribution in [3.05, 3.63) is 23.8 Å². The maximum atomic E-state index is 9.77. The van der Waals surface area contributed by atoms with Crippen LogP contribution in [0.15, 0.2) is 18.2 Å². The fourth-order valence-corrected chi connectivity index (χ4v) is 2.82. The van der Waals surface area contributed by atoms with Crippen LogP contribution in [0.1, 0.15) is 58.4 Å². The molecule has 0 spiro atoms. The molecule has 1 saturated carbocycles. The summed E-state index contributed by atoms with van der Waals surface area (Å²) < 4.78 is 12.3. The first-order chi connectivity index (χ1) is 9.30. The number of benzene rings is 1. The summed E-state index contributed by atoms with van der Waals surface area (Å²) in [6, 6.07) is 5.55. The lowest BCUT2D eigenvalue weighted by Gasteiger charge is -2.32. The quantitative estimate of drug-likeness (QED) is 0.843. The van der Waals surface area contributed by atoms with Crippen molar-refractivity contribution in [3.63, 3.8) is 0 Å². The highest BCUT2D eigenvalue weighted by molar-refractivity contribution is 6.62. The molecule has 1 aromatic carbocycles. The molecule has 108 valence electrons. The predicted octanol–water partition coefficient (Wildman–Crippen LogP) is 2.96. The average Bonchev–Trinajstić information content (AvgIpc) is 2.45. The highest BCUT2D eigenvalue weighted by Gasteiger charge is 2.52. The molecule has 0 atom stereocenters. The average molecular weight is 274 g/mol. The van der Waals surface area contributed by atoms with Crippen molar-refractivity contribution in [2.75, 3.05) is 0 Å². The molecular formula is C16H23BO3. The molecule has 20 heavy (non-hydrogen) atoms. The van der Waals surface area contributed by atoms with Gasteiger partial charge in [0.1, 0.15) is 5.75 Å². The molecule has 1 aliphatic heterocycles. The molecule has 0 unspecified atom stereocenters. The number of phenolic OH excluding ortho intramolecular Hbond substituents is 1. The minimum Gasteiger partial charge on any atom is -0.508 e. The SMILES string of the molecule is CC1(C)OB(c2ccc(O)cc2C2CCC2)OC1(C)C. The van der Waals surface area contributed by atoms with E-state index >= 15 is 0 Å². The molecule has 1 saturated heterocycles. The van der Waals surface area contributed by atoms with Gasteiger partial charge in [-0.25, -0.2) is 0 Å². The van der Waals surface area contributed by atoms with Crippen LogP contribution in [0.2, 0.25) is 0 Å². The molecule has 0 radical (unpaired) electrons. The molecule has 1 N–H and O–H groups in total. The van der Waals surface area contributed by atoms with E-state index in [1.807, 2.05) is 12.1 Å². The Morgan fingerprint density at radius 1 is 1.10 bits per heavy atom. The van der Waals surface area contributed by atoms with Gasteiger partial charge in [-0.3, -0.25) is 0 Å². The summed E-state index contributed by atoms with van der Waals surface area (Å²) in [5, 5.41) is 9.77. The van der Waals surface area contributed by atoms with E-state index in [9.17, 15) is 5.11 Å². The van der Waals surface area contributed by atoms with E-state index < -0.39 is 0 Å². The molecular weight excluding hydrogens is 251 g/mol. The van der Waals surface area contributed by atoms with Gasteiger partial charge in [0.15, 0.2) is 0 Å². The number of rotatable bonds is 2. The van der Waals surface area contributed by atoms with E-state index in [-0.39, 0.29) is 18.3 Å². The Morgan fingerprint density at radius 3 is 2.20 bits per heavy atom. The van der Waals surface area contributed by atoms with E-state index in [4.69, 9.17) is 9.31 Å². The fraction of sp³-hybridized carbons (Fsp3) is 0.625. The second kappa shape index (κ2) is 4.50. The summed E-state index contributed by atoms with van der Waals surface area (Å²) in [7, 11) is -0.337. The largest absolute Gasteiger partial charge is 0.508 e. The Balaban J connectivity index is 1.95. The Kier molecular flexibility index (Phi) is 3.14. The first kappa shape index (κ1) is 14.0. The van der Waals surface area contributed by atoms with Crippen molar-refractivity contribution in [2.45, 2.75) is 64.1 Å². The molecule has 2 aliphatic rings. The zero-order chi connectivity index (χ0) is 14.5. The zero-order valence-electron chi connectivity index (χ0n) is 12.8. The Labute approximate surface area is 121 Å². The van der Waals surface area contributed by atoms with Crippen molar-refractivity contribution < 1.29 is 14.4 Å². The highest BCUT2D eigenvalue weighted by Crippen LogP contribution is 2.40. The van der Waals surface area contributed by atoms with Crippen LogP contribution in [0.5, 0.6) is 5.75 Å². The minimum atomic E-state index is -0.337. The third-order valence-electron chi connectivity index (χ3n) is 5.12. The van der Waals surface area contributed by atoms with E-state index in [0.717, 1.165) is 5.46 Å². The van der Waals surface area contributed by atoms with E-state index in [2.05, 4.69) is 27.7 Å². The van der Waals surface area contributed by atoms with E-state index in [0.29, 0.717) is 11.7 Å². The van der Waals surface area contributed by atoms with Crippen LogP contribution in [0.3, 0.4) is 0 Å². The van der Waals surface area contributed by atoms with Crippen molar-refractivity contribution in [1.29, 1.82) is 0 Å². The highest BCUT2D eigenvalue weighted by atomic mass is 16.7. The summed E-state index contributed by atoms with van der Waals surface area (Å²) in [6.45, 7) is 8.26. The van der Waals surface area contributed by atoms with E-state index in [1.165, 1.54) is 24.8 Å². The Bertz CT molecular complexity index is 504. The molecule has 0 aromatic heterocycles. The van der Waals surface area contributed by atoms with Gasteiger partial charge in [-0.1, -0.05) is 12.5 Å². The fourth-order valence-electron chi connectivity index (χ4n) is 2.82. The summed E-state index contributed by atoms with van der Waals surface area (Å²) in [5.74, 6) is 0.864. The second-order valence-electron chi connectivity index (χ2n) is 7.03. The van der Waals surface area contributed by atoms with Crippen LogP contribution in [-0.2, 0) is 9.31 Å². The van der Waals surface area contributed by atoms with Crippen molar-refractivity contribution >= 4 is 12.6 Å². The van der Waals surface area contributed by atoms with Crippen LogP contribution in [0, 0.1) is 0 Å².